The topological polar surface area (TPSA) is 41.4 Å². The lowest BCUT2D eigenvalue weighted by atomic mass is 9.97. The average molecular weight is 489 g/mol. The smallest absolute Gasteiger partial charge is 0.261 e. The summed E-state index contributed by atoms with van der Waals surface area (Å²) < 4.78 is 1.85. The third kappa shape index (κ3) is 5.64. The van der Waals surface area contributed by atoms with Gasteiger partial charge in [-0.2, -0.15) is 0 Å². The molecule has 0 N–H and O–H groups in total. The lowest BCUT2D eigenvalue weighted by molar-refractivity contribution is 0.156. The fraction of sp³-hybridized carbons (Fsp3) is 0.310. The zero-order valence-corrected chi connectivity index (χ0v) is 21.0. The highest BCUT2D eigenvalue weighted by Gasteiger charge is 2.24. The third-order valence-corrected chi connectivity index (χ3v) is 7.08. The van der Waals surface area contributed by atoms with Gasteiger partial charge in [-0.15, -0.1) is 12.4 Å². The largest absolute Gasteiger partial charge is 0.302 e. The predicted molar refractivity (Wildman–Crippen MR) is 145 cm³/mol. The number of para-hydroxylation sites is 1. The molecule has 5 nitrogen and oxygen atoms in total. The zero-order chi connectivity index (χ0) is 23.3. The standard InChI is InChI=1S/C29H32N4O.ClH/c1-31(28(23-10-4-2-5-11-23)24-12-6-3-7-13-24)20-21-32-18-16-25(17-19-32)33-22-30-27-15-9-8-14-26(27)29(33)34;/h2-15,22,25,28H,16-21H2,1H3;1H. The molecule has 182 valence electrons. The Hall–Kier alpha value is -2.99. The van der Waals surface area contributed by atoms with Gasteiger partial charge in [0.25, 0.3) is 5.56 Å². The van der Waals surface area contributed by atoms with Crippen LogP contribution in [0.4, 0.5) is 0 Å². The van der Waals surface area contributed by atoms with Gasteiger partial charge in [0, 0.05) is 32.2 Å². The van der Waals surface area contributed by atoms with Crippen molar-refractivity contribution in [3.05, 3.63) is 113 Å². The highest BCUT2D eigenvalue weighted by atomic mass is 35.5. The summed E-state index contributed by atoms with van der Waals surface area (Å²) in [6, 6.07) is 29.6. The van der Waals surface area contributed by atoms with Crippen LogP contribution in [-0.4, -0.2) is 52.6 Å². The molecule has 1 fully saturated rings. The van der Waals surface area contributed by atoms with E-state index in [9.17, 15) is 4.79 Å². The molecule has 1 aliphatic rings. The predicted octanol–water partition coefficient (Wildman–Crippen LogP) is 5.18. The average Bonchev–Trinajstić information content (AvgIpc) is 2.90. The number of hydrogen-bond donors (Lipinski definition) is 0. The molecule has 5 rings (SSSR count). The van der Waals surface area contributed by atoms with E-state index >= 15 is 0 Å². The van der Waals surface area contributed by atoms with Crippen LogP contribution in [0.1, 0.15) is 36.1 Å². The number of halogens is 1. The van der Waals surface area contributed by atoms with Gasteiger partial charge in [0.1, 0.15) is 0 Å². The first-order chi connectivity index (χ1) is 16.7. The normalized spacial score (nSPS) is 14.9. The molecule has 0 bridgehead atoms. The molecule has 1 saturated heterocycles. The number of rotatable bonds is 7. The van der Waals surface area contributed by atoms with E-state index in [1.807, 2.05) is 28.8 Å². The molecule has 0 aliphatic carbocycles. The van der Waals surface area contributed by atoms with E-state index < -0.39 is 0 Å². The van der Waals surface area contributed by atoms with Crippen molar-refractivity contribution in [1.82, 2.24) is 19.4 Å². The van der Waals surface area contributed by atoms with Crippen LogP contribution in [0.3, 0.4) is 0 Å². The minimum atomic E-state index is 0. The number of likely N-dealkylation sites (N-methyl/N-ethyl adjacent to an activating group) is 1. The van der Waals surface area contributed by atoms with E-state index in [4.69, 9.17) is 0 Å². The van der Waals surface area contributed by atoms with Crippen LogP contribution >= 0.6 is 12.4 Å². The van der Waals surface area contributed by atoms with Crippen molar-refractivity contribution < 1.29 is 0 Å². The minimum Gasteiger partial charge on any atom is -0.302 e. The highest BCUT2D eigenvalue weighted by molar-refractivity contribution is 5.85. The van der Waals surface area contributed by atoms with Crippen LogP contribution in [0.15, 0.2) is 96.1 Å². The first-order valence-corrected chi connectivity index (χ1v) is 12.2. The van der Waals surface area contributed by atoms with Crippen molar-refractivity contribution in [2.24, 2.45) is 0 Å². The fourth-order valence-corrected chi connectivity index (χ4v) is 5.16. The van der Waals surface area contributed by atoms with Gasteiger partial charge in [-0.25, -0.2) is 4.98 Å². The summed E-state index contributed by atoms with van der Waals surface area (Å²) in [5.41, 5.74) is 3.49. The molecule has 0 atom stereocenters. The van der Waals surface area contributed by atoms with Crippen molar-refractivity contribution in [3.63, 3.8) is 0 Å². The van der Waals surface area contributed by atoms with Gasteiger partial charge in [0.15, 0.2) is 0 Å². The van der Waals surface area contributed by atoms with Crippen molar-refractivity contribution in [1.29, 1.82) is 0 Å². The van der Waals surface area contributed by atoms with Gasteiger partial charge in [-0.05, 0) is 43.1 Å². The van der Waals surface area contributed by atoms with Gasteiger partial charge in [0.2, 0.25) is 0 Å². The van der Waals surface area contributed by atoms with Crippen LogP contribution in [0, 0.1) is 0 Å². The Labute approximate surface area is 213 Å². The van der Waals surface area contributed by atoms with Crippen molar-refractivity contribution in [2.75, 3.05) is 33.2 Å². The molecule has 0 amide bonds. The SMILES string of the molecule is CN(CCN1CCC(n2cnc3ccccc3c2=O)CC1)C(c1ccccc1)c1ccccc1.Cl. The maximum Gasteiger partial charge on any atom is 0.261 e. The van der Waals surface area contributed by atoms with E-state index in [-0.39, 0.29) is 30.0 Å². The summed E-state index contributed by atoms with van der Waals surface area (Å²) in [6.07, 6.45) is 3.69. The molecule has 1 aliphatic heterocycles. The quantitative estimate of drug-likeness (QED) is 0.359. The Kier molecular flexibility index (Phi) is 8.34. The van der Waals surface area contributed by atoms with Gasteiger partial charge in [0.05, 0.1) is 23.3 Å². The Morgan fingerprint density at radius 2 is 1.46 bits per heavy atom. The monoisotopic (exact) mass is 488 g/mol. The van der Waals surface area contributed by atoms with E-state index in [0.717, 1.165) is 44.5 Å². The van der Waals surface area contributed by atoms with Crippen LogP contribution in [-0.2, 0) is 0 Å². The summed E-state index contributed by atoms with van der Waals surface area (Å²) in [6.45, 7) is 4.00. The summed E-state index contributed by atoms with van der Waals surface area (Å²) in [7, 11) is 2.22. The molecule has 4 aromatic rings. The summed E-state index contributed by atoms with van der Waals surface area (Å²) in [5, 5.41) is 0.710. The Morgan fingerprint density at radius 1 is 0.886 bits per heavy atom. The minimum absolute atomic E-state index is 0. The molecule has 1 aromatic heterocycles. The molecule has 0 saturated carbocycles. The van der Waals surface area contributed by atoms with Gasteiger partial charge >= 0.3 is 0 Å². The first-order valence-electron chi connectivity index (χ1n) is 12.2. The number of benzene rings is 3. The van der Waals surface area contributed by atoms with E-state index in [1.54, 1.807) is 6.33 Å². The lowest BCUT2D eigenvalue weighted by Crippen LogP contribution is -2.41. The molecule has 0 radical (unpaired) electrons. The molecule has 0 unspecified atom stereocenters. The van der Waals surface area contributed by atoms with Gasteiger partial charge in [-0.3, -0.25) is 14.3 Å². The zero-order valence-electron chi connectivity index (χ0n) is 20.2. The Bertz CT molecular complexity index is 1230. The van der Waals surface area contributed by atoms with Crippen molar-refractivity contribution in [2.45, 2.75) is 24.9 Å². The number of piperidine rings is 1. The second kappa shape index (κ2) is 11.6. The molecule has 2 heterocycles. The highest BCUT2D eigenvalue weighted by Crippen LogP contribution is 2.28. The number of likely N-dealkylation sites (tertiary alicyclic amines) is 1. The van der Waals surface area contributed by atoms with Gasteiger partial charge < -0.3 is 4.90 Å². The van der Waals surface area contributed by atoms with Gasteiger partial charge in [-0.1, -0.05) is 72.8 Å². The molecule has 35 heavy (non-hydrogen) atoms. The number of aromatic nitrogens is 2. The Balaban J connectivity index is 0.00000289. The number of fused-ring (bicyclic) bond motifs is 1. The molecular formula is C29H33ClN4O. The van der Waals surface area contributed by atoms with Crippen LogP contribution in [0.2, 0.25) is 0 Å². The first kappa shape index (κ1) is 25.1. The maximum atomic E-state index is 13.0. The molecule has 3 aromatic carbocycles. The van der Waals surface area contributed by atoms with E-state index in [0.29, 0.717) is 5.39 Å². The molecule has 6 heteroatoms. The fourth-order valence-electron chi connectivity index (χ4n) is 5.16. The van der Waals surface area contributed by atoms with E-state index in [2.05, 4.69) is 82.5 Å². The van der Waals surface area contributed by atoms with Crippen LogP contribution in [0.25, 0.3) is 10.9 Å². The molecule has 0 spiro atoms. The van der Waals surface area contributed by atoms with Crippen LogP contribution in [0.5, 0.6) is 0 Å². The summed E-state index contributed by atoms with van der Waals surface area (Å²) >= 11 is 0. The lowest BCUT2D eigenvalue weighted by Gasteiger charge is -2.35. The Morgan fingerprint density at radius 3 is 2.09 bits per heavy atom. The van der Waals surface area contributed by atoms with Crippen molar-refractivity contribution >= 4 is 23.3 Å². The summed E-state index contributed by atoms with van der Waals surface area (Å²) in [5.74, 6) is 0. The second-order valence-electron chi connectivity index (χ2n) is 9.25. The maximum absolute atomic E-state index is 13.0. The number of nitrogens with zero attached hydrogens (tertiary/aromatic N) is 4. The van der Waals surface area contributed by atoms with Crippen molar-refractivity contribution in [3.8, 4) is 0 Å². The second-order valence-corrected chi connectivity index (χ2v) is 9.25. The third-order valence-electron chi connectivity index (χ3n) is 7.08. The summed E-state index contributed by atoms with van der Waals surface area (Å²) in [4.78, 5) is 22.5. The van der Waals surface area contributed by atoms with E-state index in [1.165, 1.54) is 11.1 Å². The van der Waals surface area contributed by atoms with Crippen LogP contribution < -0.4 is 5.56 Å². The molecular weight excluding hydrogens is 456 g/mol. The number of hydrogen-bond acceptors (Lipinski definition) is 4.